The predicted molar refractivity (Wildman–Crippen MR) is 85.9 cm³/mol. The summed E-state index contributed by atoms with van der Waals surface area (Å²) in [5.74, 6) is 1.77. The first-order valence-corrected chi connectivity index (χ1v) is 8.70. The van der Waals surface area contributed by atoms with E-state index in [9.17, 15) is 0 Å². The molecule has 2 aliphatic heterocycles. The minimum atomic E-state index is 0.480. The summed E-state index contributed by atoms with van der Waals surface area (Å²) in [6.45, 7) is 14.4. The Morgan fingerprint density at radius 2 is 1.25 bits per heavy atom. The molecule has 0 aromatic rings. The first-order chi connectivity index (χ1) is 9.42. The van der Waals surface area contributed by atoms with Gasteiger partial charge < -0.3 is 10.1 Å². The van der Waals surface area contributed by atoms with Gasteiger partial charge in [-0.05, 0) is 74.3 Å². The summed E-state index contributed by atoms with van der Waals surface area (Å²) in [5, 5.41) is 3.50. The Labute approximate surface area is 126 Å². The van der Waals surface area contributed by atoms with Gasteiger partial charge in [0, 0.05) is 13.2 Å². The lowest BCUT2D eigenvalue weighted by Crippen LogP contribution is -2.37. The molecule has 0 bridgehead atoms. The number of nitrogens with one attached hydrogen (secondary N) is 1. The quantitative estimate of drug-likeness (QED) is 0.813. The zero-order chi connectivity index (χ0) is 14.6. The van der Waals surface area contributed by atoms with Gasteiger partial charge >= 0.3 is 0 Å². The van der Waals surface area contributed by atoms with Gasteiger partial charge in [0.25, 0.3) is 0 Å². The molecular weight excluding hydrogens is 246 g/mol. The van der Waals surface area contributed by atoms with Gasteiger partial charge in [-0.3, -0.25) is 0 Å². The van der Waals surface area contributed by atoms with Crippen molar-refractivity contribution in [2.24, 2.45) is 22.7 Å². The molecule has 2 heteroatoms. The molecule has 0 aromatic carbocycles. The molecule has 0 atom stereocenters. The van der Waals surface area contributed by atoms with Crippen molar-refractivity contribution < 1.29 is 4.74 Å². The van der Waals surface area contributed by atoms with E-state index in [-0.39, 0.29) is 0 Å². The van der Waals surface area contributed by atoms with Gasteiger partial charge in [-0.25, -0.2) is 0 Å². The maximum absolute atomic E-state index is 5.53. The average Bonchev–Trinajstić information content (AvgIpc) is 2.47. The SMILES string of the molecule is CC(C)(CCC(C)(C)C1CCOCC1)C1CCNCC1. The normalized spacial score (nSPS) is 24.0. The van der Waals surface area contributed by atoms with Crippen LogP contribution in [0.25, 0.3) is 0 Å². The zero-order valence-corrected chi connectivity index (χ0v) is 14.1. The van der Waals surface area contributed by atoms with Gasteiger partial charge in [-0.15, -0.1) is 0 Å². The first kappa shape index (κ1) is 16.3. The van der Waals surface area contributed by atoms with E-state index in [2.05, 4.69) is 33.0 Å². The first-order valence-electron chi connectivity index (χ1n) is 8.70. The molecule has 2 nitrogen and oxygen atoms in total. The summed E-state index contributed by atoms with van der Waals surface area (Å²) in [6, 6.07) is 0. The van der Waals surface area contributed by atoms with Crippen LogP contribution < -0.4 is 5.32 Å². The van der Waals surface area contributed by atoms with Crippen molar-refractivity contribution in [3.63, 3.8) is 0 Å². The summed E-state index contributed by atoms with van der Waals surface area (Å²) >= 11 is 0. The fraction of sp³-hybridized carbons (Fsp3) is 1.00. The summed E-state index contributed by atoms with van der Waals surface area (Å²) in [5.41, 5.74) is 0.985. The second-order valence-electron chi connectivity index (χ2n) is 8.39. The molecule has 1 N–H and O–H groups in total. The van der Waals surface area contributed by atoms with E-state index >= 15 is 0 Å². The summed E-state index contributed by atoms with van der Waals surface area (Å²) in [4.78, 5) is 0. The monoisotopic (exact) mass is 281 g/mol. The third-order valence-electron chi connectivity index (χ3n) is 6.18. The van der Waals surface area contributed by atoms with Crippen LogP contribution in [0.5, 0.6) is 0 Å². The Hall–Kier alpha value is -0.0800. The zero-order valence-electron chi connectivity index (χ0n) is 14.1. The van der Waals surface area contributed by atoms with Gasteiger partial charge in [0.2, 0.25) is 0 Å². The van der Waals surface area contributed by atoms with Crippen LogP contribution in [0.1, 0.15) is 66.2 Å². The second-order valence-corrected chi connectivity index (χ2v) is 8.39. The van der Waals surface area contributed by atoms with E-state index in [0.29, 0.717) is 10.8 Å². The van der Waals surface area contributed by atoms with Crippen LogP contribution in [-0.4, -0.2) is 26.3 Å². The molecule has 118 valence electrons. The Bertz CT molecular complexity index is 256. The lowest BCUT2D eigenvalue weighted by Gasteiger charge is -2.42. The van der Waals surface area contributed by atoms with Crippen LogP contribution in [0.15, 0.2) is 0 Å². The van der Waals surface area contributed by atoms with Crippen LogP contribution in [0.3, 0.4) is 0 Å². The molecule has 0 saturated carbocycles. The van der Waals surface area contributed by atoms with Crippen molar-refractivity contribution in [1.29, 1.82) is 0 Å². The molecule has 20 heavy (non-hydrogen) atoms. The third kappa shape index (κ3) is 4.21. The van der Waals surface area contributed by atoms with Crippen molar-refractivity contribution in [3.8, 4) is 0 Å². The highest BCUT2D eigenvalue weighted by molar-refractivity contribution is 4.87. The largest absolute Gasteiger partial charge is 0.381 e. The molecule has 0 radical (unpaired) electrons. The molecule has 2 rings (SSSR count). The Kier molecular flexibility index (Phi) is 5.53. The van der Waals surface area contributed by atoms with Gasteiger partial charge in [0.15, 0.2) is 0 Å². The lowest BCUT2D eigenvalue weighted by molar-refractivity contribution is 0.0118. The summed E-state index contributed by atoms with van der Waals surface area (Å²) < 4.78 is 5.53. The molecule has 0 aromatic heterocycles. The molecule has 2 saturated heterocycles. The van der Waals surface area contributed by atoms with E-state index in [1.54, 1.807) is 0 Å². The van der Waals surface area contributed by atoms with Gasteiger partial charge in [0.05, 0.1) is 0 Å². The van der Waals surface area contributed by atoms with Crippen LogP contribution >= 0.6 is 0 Å². The van der Waals surface area contributed by atoms with Gasteiger partial charge in [0.1, 0.15) is 0 Å². The summed E-state index contributed by atoms with van der Waals surface area (Å²) in [7, 11) is 0. The Morgan fingerprint density at radius 1 is 0.800 bits per heavy atom. The number of hydrogen-bond acceptors (Lipinski definition) is 2. The fourth-order valence-electron chi connectivity index (χ4n) is 4.14. The standard InChI is InChI=1S/C18H35NO/c1-17(2,15-5-11-19-12-6-15)9-10-18(3,4)16-7-13-20-14-8-16/h15-16,19H,5-14H2,1-4H3. The molecule has 0 aliphatic carbocycles. The number of ether oxygens (including phenoxy) is 1. The van der Waals surface area contributed by atoms with E-state index in [1.165, 1.54) is 51.6 Å². The van der Waals surface area contributed by atoms with Crippen LogP contribution in [-0.2, 0) is 4.74 Å². The number of rotatable bonds is 5. The fourth-order valence-corrected chi connectivity index (χ4v) is 4.14. The number of piperidine rings is 1. The molecule has 2 heterocycles. The van der Waals surface area contributed by atoms with E-state index in [1.807, 2.05) is 0 Å². The highest BCUT2D eigenvalue weighted by atomic mass is 16.5. The molecular formula is C18H35NO. The average molecular weight is 281 g/mol. The smallest absolute Gasteiger partial charge is 0.0468 e. The van der Waals surface area contributed by atoms with E-state index < -0.39 is 0 Å². The maximum Gasteiger partial charge on any atom is 0.0468 e. The maximum atomic E-state index is 5.53. The third-order valence-corrected chi connectivity index (χ3v) is 6.18. The minimum absolute atomic E-state index is 0.480. The van der Waals surface area contributed by atoms with Crippen LogP contribution in [0.2, 0.25) is 0 Å². The topological polar surface area (TPSA) is 21.3 Å². The number of hydrogen-bond donors (Lipinski definition) is 1. The Morgan fingerprint density at radius 3 is 1.75 bits per heavy atom. The molecule has 2 fully saturated rings. The second kappa shape index (κ2) is 6.79. The van der Waals surface area contributed by atoms with Crippen LogP contribution in [0.4, 0.5) is 0 Å². The Balaban J connectivity index is 1.85. The molecule has 0 spiro atoms. The lowest BCUT2D eigenvalue weighted by atomic mass is 9.65. The molecule has 0 amide bonds. The van der Waals surface area contributed by atoms with Gasteiger partial charge in [-0.1, -0.05) is 27.7 Å². The minimum Gasteiger partial charge on any atom is -0.381 e. The van der Waals surface area contributed by atoms with Gasteiger partial charge in [-0.2, -0.15) is 0 Å². The van der Waals surface area contributed by atoms with Crippen molar-refractivity contribution in [1.82, 2.24) is 5.32 Å². The predicted octanol–water partition coefficient (Wildman–Crippen LogP) is 4.25. The van der Waals surface area contributed by atoms with Crippen LogP contribution in [0, 0.1) is 22.7 Å². The van der Waals surface area contributed by atoms with E-state index in [4.69, 9.17) is 4.74 Å². The molecule has 2 aliphatic rings. The van der Waals surface area contributed by atoms with Crippen molar-refractivity contribution in [2.75, 3.05) is 26.3 Å². The van der Waals surface area contributed by atoms with Crippen molar-refractivity contribution >= 4 is 0 Å². The highest BCUT2D eigenvalue weighted by Gasteiger charge is 2.35. The van der Waals surface area contributed by atoms with Crippen molar-refractivity contribution in [2.45, 2.75) is 66.2 Å². The van der Waals surface area contributed by atoms with E-state index in [0.717, 1.165) is 25.0 Å². The van der Waals surface area contributed by atoms with Crippen molar-refractivity contribution in [3.05, 3.63) is 0 Å². The summed E-state index contributed by atoms with van der Waals surface area (Å²) in [6.07, 6.45) is 8.01. The highest BCUT2D eigenvalue weighted by Crippen LogP contribution is 2.44. The molecule has 0 unspecified atom stereocenters.